The molecule has 0 fully saturated rings. The number of carbonyl (C=O) groups excluding carboxylic acids is 1. The second kappa shape index (κ2) is 6.89. The van der Waals surface area contributed by atoms with Gasteiger partial charge in [0.05, 0.1) is 24.1 Å². The molecule has 5 heteroatoms. The largest absolute Gasteiger partial charge is 0.468 e. The predicted molar refractivity (Wildman–Crippen MR) is 63.0 cm³/mol. The van der Waals surface area contributed by atoms with Crippen molar-refractivity contribution < 1.29 is 9.53 Å². The third kappa shape index (κ3) is 5.07. The van der Waals surface area contributed by atoms with Crippen molar-refractivity contribution in [2.24, 2.45) is 5.10 Å². The van der Waals surface area contributed by atoms with Crippen LogP contribution in [0.2, 0.25) is 0 Å². The molecule has 1 aromatic carbocycles. The van der Waals surface area contributed by atoms with Crippen LogP contribution in [-0.4, -0.2) is 24.4 Å². The standard InChI is InChI=1S/C10H12N2O2S/c1-14-10(13)7-15-8-11-12-9-5-3-2-4-6-9/h2-6,8,12H,7H2,1H3. The molecule has 0 atom stereocenters. The van der Waals surface area contributed by atoms with Crippen molar-refractivity contribution in [3.05, 3.63) is 30.3 Å². The van der Waals surface area contributed by atoms with Gasteiger partial charge in [-0.1, -0.05) is 18.2 Å². The minimum Gasteiger partial charge on any atom is -0.468 e. The van der Waals surface area contributed by atoms with Crippen LogP contribution >= 0.6 is 11.8 Å². The third-order valence-electron chi connectivity index (χ3n) is 1.52. The maximum absolute atomic E-state index is 10.7. The molecule has 80 valence electrons. The van der Waals surface area contributed by atoms with E-state index in [1.807, 2.05) is 30.3 Å². The molecule has 0 aliphatic carbocycles. The quantitative estimate of drug-likeness (QED) is 0.359. The number of hydrogen-bond donors (Lipinski definition) is 1. The van der Waals surface area contributed by atoms with E-state index in [1.165, 1.54) is 18.9 Å². The first-order valence-corrected chi connectivity index (χ1v) is 5.39. The van der Waals surface area contributed by atoms with Gasteiger partial charge in [0, 0.05) is 0 Å². The Bertz CT molecular complexity index is 327. The highest BCUT2D eigenvalue weighted by Crippen LogP contribution is 2.04. The van der Waals surface area contributed by atoms with Crippen LogP contribution in [0, 0.1) is 0 Å². The van der Waals surface area contributed by atoms with Gasteiger partial charge in [0.15, 0.2) is 0 Å². The van der Waals surface area contributed by atoms with Gasteiger partial charge in [-0.2, -0.15) is 5.10 Å². The normalized spacial score (nSPS) is 10.2. The molecule has 0 radical (unpaired) electrons. The number of nitrogens with zero attached hydrogens (tertiary/aromatic N) is 1. The van der Waals surface area contributed by atoms with Gasteiger partial charge in [-0.05, 0) is 12.1 Å². The molecule has 15 heavy (non-hydrogen) atoms. The maximum atomic E-state index is 10.7. The number of thioether (sulfide) groups is 1. The van der Waals surface area contributed by atoms with Gasteiger partial charge < -0.3 is 4.74 Å². The molecular weight excluding hydrogens is 212 g/mol. The fraction of sp³-hybridized carbons (Fsp3) is 0.200. The SMILES string of the molecule is COC(=O)CSC=NNc1ccccc1. The van der Waals surface area contributed by atoms with Crippen molar-refractivity contribution in [2.75, 3.05) is 18.3 Å². The molecule has 0 heterocycles. The van der Waals surface area contributed by atoms with Gasteiger partial charge in [0.25, 0.3) is 0 Å². The zero-order chi connectivity index (χ0) is 10.9. The number of ether oxygens (including phenoxy) is 1. The highest BCUT2D eigenvalue weighted by Gasteiger charge is 1.96. The van der Waals surface area contributed by atoms with Crippen LogP contribution in [-0.2, 0) is 9.53 Å². The first kappa shape index (κ1) is 11.6. The first-order chi connectivity index (χ1) is 7.33. The highest BCUT2D eigenvalue weighted by molar-refractivity contribution is 8.12. The zero-order valence-corrected chi connectivity index (χ0v) is 9.16. The fourth-order valence-corrected chi connectivity index (χ4v) is 1.27. The van der Waals surface area contributed by atoms with Crippen LogP contribution < -0.4 is 5.43 Å². The number of rotatable bonds is 5. The molecule has 0 amide bonds. The van der Waals surface area contributed by atoms with E-state index < -0.39 is 0 Å². The first-order valence-electron chi connectivity index (χ1n) is 4.34. The van der Waals surface area contributed by atoms with Crippen molar-refractivity contribution in [2.45, 2.75) is 0 Å². The molecule has 0 aliphatic rings. The summed E-state index contributed by atoms with van der Waals surface area (Å²) >= 11 is 1.28. The second-order valence-corrected chi connectivity index (χ2v) is 3.43. The van der Waals surface area contributed by atoms with Gasteiger partial charge in [-0.25, -0.2) is 0 Å². The summed E-state index contributed by atoms with van der Waals surface area (Å²) in [7, 11) is 1.36. The van der Waals surface area contributed by atoms with Gasteiger partial charge in [-0.3, -0.25) is 10.2 Å². The van der Waals surface area contributed by atoms with Crippen molar-refractivity contribution in [3.63, 3.8) is 0 Å². The Morgan fingerprint density at radius 2 is 2.27 bits per heavy atom. The molecule has 0 saturated carbocycles. The van der Waals surface area contributed by atoms with E-state index in [0.717, 1.165) is 5.69 Å². The van der Waals surface area contributed by atoms with Crippen LogP contribution in [0.4, 0.5) is 5.69 Å². The van der Waals surface area contributed by atoms with E-state index in [4.69, 9.17) is 0 Å². The lowest BCUT2D eigenvalue weighted by Gasteiger charge is -1.97. The van der Waals surface area contributed by atoms with Gasteiger partial charge in [0.2, 0.25) is 0 Å². The summed E-state index contributed by atoms with van der Waals surface area (Å²) in [4.78, 5) is 10.7. The van der Waals surface area contributed by atoms with Crippen molar-refractivity contribution in [1.82, 2.24) is 0 Å². The van der Waals surface area contributed by atoms with E-state index in [9.17, 15) is 4.79 Å². The summed E-state index contributed by atoms with van der Waals surface area (Å²) < 4.78 is 4.47. The number of methoxy groups -OCH3 is 1. The Kier molecular flexibility index (Phi) is 5.32. The number of anilines is 1. The van der Waals surface area contributed by atoms with E-state index in [-0.39, 0.29) is 11.7 Å². The molecule has 0 aliphatic heterocycles. The molecule has 0 saturated heterocycles. The van der Waals surface area contributed by atoms with Crippen LogP contribution in [0.1, 0.15) is 0 Å². The maximum Gasteiger partial charge on any atom is 0.316 e. The lowest BCUT2D eigenvalue weighted by atomic mass is 10.3. The highest BCUT2D eigenvalue weighted by atomic mass is 32.2. The number of para-hydroxylation sites is 1. The third-order valence-corrected chi connectivity index (χ3v) is 2.18. The number of carbonyl (C=O) groups is 1. The molecule has 4 nitrogen and oxygen atoms in total. The Morgan fingerprint density at radius 1 is 1.53 bits per heavy atom. The lowest BCUT2D eigenvalue weighted by Crippen LogP contribution is -2.02. The number of hydrogen-bond acceptors (Lipinski definition) is 5. The molecule has 1 aromatic rings. The molecule has 1 N–H and O–H groups in total. The summed E-state index contributed by atoms with van der Waals surface area (Å²) in [5.41, 5.74) is 5.32. The predicted octanol–water partition coefficient (Wildman–Crippen LogP) is 1.95. The summed E-state index contributed by atoms with van der Waals surface area (Å²) in [5.74, 6) is 0.0161. The van der Waals surface area contributed by atoms with Crippen LogP contribution in [0.15, 0.2) is 35.4 Å². The smallest absolute Gasteiger partial charge is 0.316 e. The summed E-state index contributed by atoms with van der Waals surface area (Å²) in [6.45, 7) is 0. The number of benzene rings is 1. The Balaban J connectivity index is 2.20. The van der Waals surface area contributed by atoms with E-state index >= 15 is 0 Å². The van der Waals surface area contributed by atoms with Gasteiger partial charge in [-0.15, -0.1) is 11.8 Å². The monoisotopic (exact) mass is 224 g/mol. The lowest BCUT2D eigenvalue weighted by molar-refractivity contribution is -0.137. The van der Waals surface area contributed by atoms with Crippen molar-refractivity contribution in [1.29, 1.82) is 0 Å². The molecule has 0 unspecified atom stereocenters. The summed E-state index contributed by atoms with van der Waals surface area (Å²) in [6, 6.07) is 9.57. The average Bonchev–Trinajstić information content (AvgIpc) is 2.29. The van der Waals surface area contributed by atoms with Crippen molar-refractivity contribution >= 4 is 29.0 Å². The molecule has 1 rings (SSSR count). The molecular formula is C10H12N2O2S. The van der Waals surface area contributed by atoms with Gasteiger partial charge in [0.1, 0.15) is 0 Å². The molecule has 0 aromatic heterocycles. The van der Waals surface area contributed by atoms with Crippen LogP contribution in [0.5, 0.6) is 0 Å². The van der Waals surface area contributed by atoms with Gasteiger partial charge >= 0.3 is 5.97 Å². The van der Waals surface area contributed by atoms with E-state index in [0.29, 0.717) is 0 Å². The van der Waals surface area contributed by atoms with Crippen LogP contribution in [0.3, 0.4) is 0 Å². The zero-order valence-electron chi connectivity index (χ0n) is 8.34. The topological polar surface area (TPSA) is 50.7 Å². The van der Waals surface area contributed by atoms with Crippen LogP contribution in [0.25, 0.3) is 0 Å². The van der Waals surface area contributed by atoms with E-state index in [1.54, 1.807) is 5.55 Å². The molecule has 0 spiro atoms. The Hall–Kier alpha value is -1.49. The minimum atomic E-state index is -0.258. The summed E-state index contributed by atoms with van der Waals surface area (Å²) in [6.07, 6.45) is 0. The Labute approximate surface area is 92.7 Å². The van der Waals surface area contributed by atoms with Crippen molar-refractivity contribution in [3.8, 4) is 0 Å². The van der Waals surface area contributed by atoms with E-state index in [2.05, 4.69) is 15.3 Å². The summed E-state index contributed by atoms with van der Waals surface area (Å²) in [5, 5.41) is 3.93. The average molecular weight is 224 g/mol. The fourth-order valence-electron chi connectivity index (χ4n) is 0.815. The number of esters is 1. The minimum absolute atomic E-state index is 0.258. The number of nitrogens with one attached hydrogen (secondary N) is 1. The second-order valence-electron chi connectivity index (χ2n) is 2.60. The number of hydrazone groups is 1. The Morgan fingerprint density at radius 3 is 2.93 bits per heavy atom. The molecule has 0 bridgehead atoms.